The molecule has 0 bridgehead atoms. The van der Waals surface area contributed by atoms with Crippen molar-refractivity contribution in [1.82, 2.24) is 5.32 Å². The Morgan fingerprint density at radius 1 is 1.39 bits per heavy atom. The highest BCUT2D eigenvalue weighted by Crippen LogP contribution is 2.16. The van der Waals surface area contributed by atoms with E-state index in [1.54, 1.807) is 19.1 Å². The van der Waals surface area contributed by atoms with Crippen LogP contribution in [-0.2, 0) is 4.79 Å². The van der Waals surface area contributed by atoms with Crippen LogP contribution in [0.4, 0.5) is 0 Å². The van der Waals surface area contributed by atoms with Gasteiger partial charge in [0.1, 0.15) is 0 Å². The molecule has 18 heavy (non-hydrogen) atoms. The van der Waals surface area contributed by atoms with E-state index in [1.165, 1.54) is 13.0 Å². The molecule has 98 valence electrons. The summed E-state index contributed by atoms with van der Waals surface area (Å²) >= 11 is 5.83. The Labute approximate surface area is 109 Å². The highest BCUT2D eigenvalue weighted by atomic mass is 35.5. The molecule has 0 unspecified atom stereocenters. The standard InChI is InChI=1S/C12H14ClNO4/c1-6-5-8(3-4-9(6)13)11(16)14-10(7(2)15)12(17)18/h3-5,7,10,15H,1-2H3,(H,14,16)(H,17,18)/t7-,10+/m1/s1. The smallest absolute Gasteiger partial charge is 0.328 e. The summed E-state index contributed by atoms with van der Waals surface area (Å²) in [6.07, 6.45) is -1.18. The van der Waals surface area contributed by atoms with Crippen molar-refractivity contribution >= 4 is 23.5 Å². The number of aliphatic carboxylic acids is 1. The molecule has 0 saturated heterocycles. The van der Waals surface area contributed by atoms with Crippen molar-refractivity contribution in [3.63, 3.8) is 0 Å². The number of nitrogens with one attached hydrogen (secondary N) is 1. The molecule has 6 heteroatoms. The normalized spacial score (nSPS) is 13.8. The topological polar surface area (TPSA) is 86.6 Å². The fourth-order valence-electron chi connectivity index (χ4n) is 1.40. The third kappa shape index (κ3) is 3.45. The second-order valence-electron chi connectivity index (χ2n) is 3.99. The van der Waals surface area contributed by atoms with E-state index in [4.69, 9.17) is 16.7 Å². The van der Waals surface area contributed by atoms with Gasteiger partial charge in [0.2, 0.25) is 0 Å². The molecule has 0 aliphatic heterocycles. The molecule has 1 rings (SSSR count). The van der Waals surface area contributed by atoms with Gasteiger partial charge < -0.3 is 15.5 Å². The third-order valence-corrected chi connectivity index (χ3v) is 2.88. The molecular formula is C12H14ClNO4. The van der Waals surface area contributed by atoms with Gasteiger partial charge >= 0.3 is 5.97 Å². The largest absolute Gasteiger partial charge is 0.480 e. The summed E-state index contributed by atoms with van der Waals surface area (Å²) in [4.78, 5) is 22.6. The van der Waals surface area contributed by atoms with Crippen LogP contribution in [-0.4, -0.2) is 34.2 Å². The Bertz CT molecular complexity index is 473. The minimum atomic E-state index is -1.34. The Balaban J connectivity index is 2.87. The molecule has 1 aromatic rings. The average molecular weight is 272 g/mol. The van der Waals surface area contributed by atoms with Gasteiger partial charge in [0, 0.05) is 10.6 Å². The first-order chi connectivity index (χ1) is 8.32. The van der Waals surface area contributed by atoms with Crippen LogP contribution < -0.4 is 5.32 Å². The number of aliphatic hydroxyl groups excluding tert-OH is 1. The summed E-state index contributed by atoms with van der Waals surface area (Å²) in [6.45, 7) is 3.04. The maximum absolute atomic E-state index is 11.8. The summed E-state index contributed by atoms with van der Waals surface area (Å²) in [5.41, 5.74) is 1.01. The van der Waals surface area contributed by atoms with Crippen LogP contribution in [0.5, 0.6) is 0 Å². The van der Waals surface area contributed by atoms with Crippen LogP contribution in [0, 0.1) is 6.92 Å². The molecule has 5 nitrogen and oxygen atoms in total. The van der Waals surface area contributed by atoms with Crippen LogP contribution in [0.3, 0.4) is 0 Å². The maximum Gasteiger partial charge on any atom is 0.328 e. The number of amides is 1. The van der Waals surface area contributed by atoms with E-state index in [9.17, 15) is 14.7 Å². The predicted octanol–water partition coefficient (Wildman–Crippen LogP) is 1.21. The first-order valence-corrected chi connectivity index (χ1v) is 5.68. The fourth-order valence-corrected chi connectivity index (χ4v) is 1.52. The van der Waals surface area contributed by atoms with Gasteiger partial charge in [-0.2, -0.15) is 0 Å². The number of halogens is 1. The van der Waals surface area contributed by atoms with Crippen LogP contribution in [0.1, 0.15) is 22.8 Å². The lowest BCUT2D eigenvalue weighted by Gasteiger charge is -2.17. The predicted molar refractivity (Wildman–Crippen MR) is 66.8 cm³/mol. The fraction of sp³-hybridized carbons (Fsp3) is 0.333. The first kappa shape index (κ1) is 14.5. The second-order valence-corrected chi connectivity index (χ2v) is 4.40. The van der Waals surface area contributed by atoms with Crippen molar-refractivity contribution in [2.45, 2.75) is 26.0 Å². The van der Waals surface area contributed by atoms with Crippen molar-refractivity contribution < 1.29 is 19.8 Å². The summed E-state index contributed by atoms with van der Waals surface area (Å²) in [7, 11) is 0. The highest BCUT2D eigenvalue weighted by molar-refractivity contribution is 6.31. The van der Waals surface area contributed by atoms with Crippen molar-refractivity contribution in [3.05, 3.63) is 34.3 Å². The lowest BCUT2D eigenvalue weighted by Crippen LogP contribution is -2.47. The number of rotatable bonds is 4. The highest BCUT2D eigenvalue weighted by Gasteiger charge is 2.25. The molecule has 1 amide bonds. The number of carbonyl (C=O) groups excluding carboxylic acids is 1. The number of carboxylic acids is 1. The van der Waals surface area contributed by atoms with E-state index < -0.39 is 24.0 Å². The molecule has 0 heterocycles. The van der Waals surface area contributed by atoms with Crippen LogP contribution in [0.15, 0.2) is 18.2 Å². The zero-order valence-corrected chi connectivity index (χ0v) is 10.7. The quantitative estimate of drug-likeness (QED) is 0.768. The number of benzene rings is 1. The lowest BCUT2D eigenvalue weighted by atomic mass is 10.1. The lowest BCUT2D eigenvalue weighted by molar-refractivity contribution is -0.141. The second kappa shape index (κ2) is 5.84. The van der Waals surface area contributed by atoms with E-state index in [0.29, 0.717) is 16.1 Å². The van der Waals surface area contributed by atoms with E-state index >= 15 is 0 Å². The number of hydrogen-bond donors (Lipinski definition) is 3. The first-order valence-electron chi connectivity index (χ1n) is 5.31. The summed E-state index contributed by atoms with van der Waals surface area (Å²) in [5, 5.41) is 20.9. The molecule has 0 spiro atoms. The van der Waals surface area contributed by atoms with Crippen molar-refractivity contribution in [1.29, 1.82) is 0 Å². The number of aliphatic hydroxyl groups is 1. The zero-order chi connectivity index (χ0) is 13.9. The minimum absolute atomic E-state index is 0.295. The van der Waals surface area contributed by atoms with Gasteiger partial charge in [0.05, 0.1) is 6.10 Å². The van der Waals surface area contributed by atoms with Crippen LogP contribution in [0.2, 0.25) is 5.02 Å². The average Bonchev–Trinajstić information content (AvgIpc) is 2.28. The van der Waals surface area contributed by atoms with Gasteiger partial charge in [-0.15, -0.1) is 0 Å². The zero-order valence-electron chi connectivity index (χ0n) is 9.98. The molecule has 3 N–H and O–H groups in total. The Hall–Kier alpha value is -1.59. The Kier molecular flexibility index (Phi) is 4.69. The molecule has 2 atom stereocenters. The van der Waals surface area contributed by atoms with Crippen molar-refractivity contribution in [3.8, 4) is 0 Å². The molecular weight excluding hydrogens is 258 g/mol. The molecule has 1 aromatic carbocycles. The molecule has 0 fully saturated rings. The minimum Gasteiger partial charge on any atom is -0.480 e. The Morgan fingerprint density at radius 2 is 2.00 bits per heavy atom. The van der Waals surface area contributed by atoms with Crippen molar-refractivity contribution in [2.24, 2.45) is 0 Å². The maximum atomic E-state index is 11.8. The van der Waals surface area contributed by atoms with Gasteiger partial charge in [-0.3, -0.25) is 4.79 Å². The van der Waals surface area contributed by atoms with Crippen LogP contribution >= 0.6 is 11.6 Å². The summed E-state index contributed by atoms with van der Waals surface area (Å²) in [6, 6.07) is 3.27. The van der Waals surface area contributed by atoms with Gasteiger partial charge in [0.25, 0.3) is 5.91 Å². The van der Waals surface area contributed by atoms with Gasteiger partial charge in [-0.05, 0) is 37.6 Å². The summed E-state index contributed by atoms with van der Waals surface area (Å²) in [5.74, 6) is -1.85. The monoisotopic (exact) mass is 271 g/mol. The van der Waals surface area contributed by atoms with E-state index in [0.717, 1.165) is 0 Å². The molecule has 0 saturated carbocycles. The van der Waals surface area contributed by atoms with E-state index in [-0.39, 0.29) is 0 Å². The number of hydrogen-bond acceptors (Lipinski definition) is 3. The molecule has 0 aliphatic carbocycles. The molecule has 0 aliphatic rings. The number of carboxylic acid groups (broad SMARTS) is 1. The molecule has 0 radical (unpaired) electrons. The summed E-state index contributed by atoms with van der Waals surface area (Å²) < 4.78 is 0. The Morgan fingerprint density at radius 3 is 2.44 bits per heavy atom. The number of carbonyl (C=O) groups is 2. The van der Waals surface area contributed by atoms with Gasteiger partial charge in [-0.1, -0.05) is 11.6 Å². The van der Waals surface area contributed by atoms with Crippen LogP contribution in [0.25, 0.3) is 0 Å². The van der Waals surface area contributed by atoms with E-state index in [1.807, 2.05) is 0 Å². The number of aryl methyl sites for hydroxylation is 1. The SMILES string of the molecule is Cc1cc(C(=O)N[C@H](C(=O)O)[C@@H](C)O)ccc1Cl. The van der Waals surface area contributed by atoms with Crippen molar-refractivity contribution in [2.75, 3.05) is 0 Å². The third-order valence-electron chi connectivity index (χ3n) is 2.46. The van der Waals surface area contributed by atoms with E-state index in [2.05, 4.69) is 5.32 Å². The van der Waals surface area contributed by atoms with Gasteiger partial charge in [0.15, 0.2) is 6.04 Å². The van der Waals surface area contributed by atoms with Gasteiger partial charge in [-0.25, -0.2) is 4.79 Å². The molecule has 0 aromatic heterocycles.